The Morgan fingerprint density at radius 3 is 2.60 bits per heavy atom. The first-order chi connectivity index (χ1) is 11.9. The number of amides is 1. The Kier molecular flexibility index (Phi) is 5.67. The number of rotatable bonds is 6. The standard InChI is InChI=1S/C17H17N3O5/c1-11-4-3-5-12(2)17(11)25-10-16(22)19-18-9-13-6-7-15(21)14(8-13)20(23)24/h3-9,21H,10H2,1-2H3,(H,19,22)/p-1/b18-9-. The molecule has 0 heterocycles. The van der Waals surface area contributed by atoms with E-state index in [0.29, 0.717) is 11.3 Å². The molecule has 2 rings (SSSR count). The Bertz CT molecular complexity index is 813. The SMILES string of the molecule is Cc1cccc(C)c1OCC(=O)N/N=C\c1ccc([O-])c([N+](=O)[O-])c1. The van der Waals surface area contributed by atoms with Crippen molar-refractivity contribution in [3.63, 3.8) is 0 Å². The number of carbonyl (C=O) groups is 1. The highest BCUT2D eigenvalue weighted by Crippen LogP contribution is 2.23. The summed E-state index contributed by atoms with van der Waals surface area (Å²) in [6.07, 6.45) is 1.21. The van der Waals surface area contributed by atoms with E-state index in [1.54, 1.807) is 0 Å². The van der Waals surface area contributed by atoms with Gasteiger partial charge in [-0.3, -0.25) is 14.9 Å². The first-order valence-electron chi connectivity index (χ1n) is 7.35. The van der Waals surface area contributed by atoms with Crippen LogP contribution in [0.4, 0.5) is 5.69 Å². The van der Waals surface area contributed by atoms with Crippen molar-refractivity contribution < 1.29 is 19.6 Å². The zero-order chi connectivity index (χ0) is 18.4. The summed E-state index contributed by atoms with van der Waals surface area (Å²) < 4.78 is 5.48. The van der Waals surface area contributed by atoms with Gasteiger partial charge in [-0.2, -0.15) is 5.10 Å². The van der Waals surface area contributed by atoms with Crippen molar-refractivity contribution in [1.29, 1.82) is 0 Å². The molecule has 0 saturated carbocycles. The summed E-state index contributed by atoms with van der Waals surface area (Å²) in [5.74, 6) is -0.523. The number of aryl methyl sites for hydroxylation is 2. The molecule has 0 aliphatic carbocycles. The predicted octanol–water partition coefficient (Wildman–Crippen LogP) is 1.81. The van der Waals surface area contributed by atoms with E-state index in [1.165, 1.54) is 12.3 Å². The number of nitro groups is 1. The fraction of sp³-hybridized carbons (Fsp3) is 0.176. The van der Waals surface area contributed by atoms with E-state index >= 15 is 0 Å². The average molecular weight is 342 g/mol. The van der Waals surface area contributed by atoms with Crippen LogP contribution in [0.3, 0.4) is 0 Å². The second kappa shape index (κ2) is 7.91. The lowest BCUT2D eigenvalue weighted by molar-refractivity contribution is -0.398. The second-order valence-electron chi connectivity index (χ2n) is 5.29. The zero-order valence-corrected chi connectivity index (χ0v) is 13.7. The van der Waals surface area contributed by atoms with Crippen molar-refractivity contribution in [3.8, 4) is 11.5 Å². The number of nitrogens with one attached hydrogen (secondary N) is 1. The van der Waals surface area contributed by atoms with E-state index in [0.717, 1.165) is 23.3 Å². The first-order valence-corrected chi connectivity index (χ1v) is 7.35. The molecule has 0 bridgehead atoms. The zero-order valence-electron chi connectivity index (χ0n) is 13.7. The lowest BCUT2D eigenvalue weighted by Crippen LogP contribution is -2.25. The van der Waals surface area contributed by atoms with Gasteiger partial charge >= 0.3 is 0 Å². The molecule has 0 atom stereocenters. The van der Waals surface area contributed by atoms with Gasteiger partial charge in [0.05, 0.1) is 11.1 Å². The predicted molar refractivity (Wildman–Crippen MR) is 89.7 cm³/mol. The van der Waals surface area contributed by atoms with Gasteiger partial charge < -0.3 is 9.84 Å². The van der Waals surface area contributed by atoms with E-state index in [-0.39, 0.29) is 6.61 Å². The molecule has 130 valence electrons. The van der Waals surface area contributed by atoms with Gasteiger partial charge in [-0.1, -0.05) is 30.3 Å². The number of ether oxygens (including phenoxy) is 1. The van der Waals surface area contributed by atoms with Crippen molar-refractivity contribution in [1.82, 2.24) is 5.43 Å². The molecule has 8 heteroatoms. The molecule has 0 saturated heterocycles. The Labute approximate surface area is 143 Å². The Morgan fingerprint density at radius 2 is 1.96 bits per heavy atom. The smallest absolute Gasteiger partial charge is 0.277 e. The van der Waals surface area contributed by atoms with Crippen LogP contribution in [0.2, 0.25) is 0 Å². The molecule has 8 nitrogen and oxygen atoms in total. The fourth-order valence-corrected chi connectivity index (χ4v) is 2.13. The third-order valence-corrected chi connectivity index (χ3v) is 3.34. The minimum absolute atomic E-state index is 0.220. The first kappa shape index (κ1) is 17.9. The summed E-state index contributed by atoms with van der Waals surface area (Å²) in [7, 11) is 0. The maximum Gasteiger partial charge on any atom is 0.277 e. The molecule has 2 aromatic carbocycles. The largest absolute Gasteiger partial charge is 0.868 e. The van der Waals surface area contributed by atoms with Crippen molar-refractivity contribution in [3.05, 3.63) is 63.2 Å². The van der Waals surface area contributed by atoms with Crippen LogP contribution in [0.25, 0.3) is 0 Å². The monoisotopic (exact) mass is 342 g/mol. The normalized spacial score (nSPS) is 10.6. The van der Waals surface area contributed by atoms with Crippen LogP contribution < -0.4 is 15.3 Å². The number of carbonyl (C=O) groups excluding carboxylic acids is 1. The second-order valence-corrected chi connectivity index (χ2v) is 5.29. The van der Waals surface area contributed by atoms with E-state index < -0.39 is 22.3 Å². The van der Waals surface area contributed by atoms with Crippen molar-refractivity contribution in [2.75, 3.05) is 6.61 Å². The number of hydrazone groups is 1. The Hall–Kier alpha value is -3.42. The van der Waals surface area contributed by atoms with Gasteiger partial charge in [-0.15, -0.1) is 0 Å². The van der Waals surface area contributed by atoms with Crippen LogP contribution in [0.1, 0.15) is 16.7 Å². The van der Waals surface area contributed by atoms with Crippen molar-refractivity contribution in [2.45, 2.75) is 13.8 Å². The molecular formula is C17H16N3O5-. The molecule has 0 aliphatic rings. The van der Waals surface area contributed by atoms with Crippen LogP contribution in [0.15, 0.2) is 41.5 Å². The van der Waals surface area contributed by atoms with Crippen LogP contribution in [-0.2, 0) is 4.79 Å². The number of hydrogen-bond acceptors (Lipinski definition) is 6. The molecule has 2 aromatic rings. The summed E-state index contributed by atoms with van der Waals surface area (Å²) in [4.78, 5) is 21.7. The van der Waals surface area contributed by atoms with Gasteiger partial charge in [-0.25, -0.2) is 5.43 Å². The van der Waals surface area contributed by atoms with Gasteiger partial charge in [0.25, 0.3) is 11.6 Å². The molecule has 25 heavy (non-hydrogen) atoms. The fourth-order valence-electron chi connectivity index (χ4n) is 2.13. The quantitative estimate of drug-likeness (QED) is 0.488. The summed E-state index contributed by atoms with van der Waals surface area (Å²) in [5, 5.41) is 25.7. The maximum atomic E-state index is 11.8. The Balaban J connectivity index is 1.93. The number of benzene rings is 2. The molecule has 1 N–H and O–H groups in total. The molecular weight excluding hydrogens is 326 g/mol. The van der Waals surface area contributed by atoms with Gasteiger partial charge in [0.15, 0.2) is 6.61 Å². The van der Waals surface area contributed by atoms with Crippen LogP contribution in [0.5, 0.6) is 11.5 Å². The molecule has 0 unspecified atom stereocenters. The summed E-state index contributed by atoms with van der Waals surface area (Å²) in [5.41, 5.74) is 3.87. The van der Waals surface area contributed by atoms with Gasteiger partial charge in [0.1, 0.15) is 5.75 Å². The van der Waals surface area contributed by atoms with E-state index in [9.17, 15) is 20.0 Å². The minimum Gasteiger partial charge on any atom is -0.868 e. The molecule has 0 radical (unpaired) electrons. The van der Waals surface area contributed by atoms with E-state index in [1.807, 2.05) is 32.0 Å². The van der Waals surface area contributed by atoms with E-state index in [4.69, 9.17) is 4.74 Å². The van der Waals surface area contributed by atoms with Crippen molar-refractivity contribution in [2.24, 2.45) is 5.10 Å². The lowest BCUT2D eigenvalue weighted by atomic mass is 10.1. The molecule has 0 spiro atoms. The summed E-state index contributed by atoms with van der Waals surface area (Å²) >= 11 is 0. The van der Waals surface area contributed by atoms with Crippen LogP contribution in [-0.4, -0.2) is 23.7 Å². The highest BCUT2D eigenvalue weighted by molar-refractivity contribution is 5.84. The number of para-hydroxylation sites is 1. The molecule has 1 amide bonds. The summed E-state index contributed by atoms with van der Waals surface area (Å²) in [6, 6.07) is 9.19. The molecule has 0 aliphatic heterocycles. The minimum atomic E-state index is -0.767. The van der Waals surface area contributed by atoms with Gasteiger partial charge in [0, 0.05) is 11.6 Å². The number of nitrogens with zero attached hydrogens (tertiary/aromatic N) is 2. The molecule has 0 aromatic heterocycles. The Morgan fingerprint density at radius 1 is 1.28 bits per heavy atom. The third kappa shape index (κ3) is 4.77. The third-order valence-electron chi connectivity index (χ3n) is 3.34. The van der Waals surface area contributed by atoms with Crippen molar-refractivity contribution >= 4 is 17.8 Å². The highest BCUT2D eigenvalue weighted by Gasteiger charge is 2.08. The molecule has 0 fully saturated rings. The lowest BCUT2D eigenvalue weighted by Gasteiger charge is -2.10. The van der Waals surface area contributed by atoms with Crippen LogP contribution >= 0.6 is 0 Å². The average Bonchev–Trinajstić information content (AvgIpc) is 2.55. The summed E-state index contributed by atoms with van der Waals surface area (Å²) in [6.45, 7) is 3.54. The topological polar surface area (TPSA) is 117 Å². The van der Waals surface area contributed by atoms with Gasteiger partial charge in [0.2, 0.25) is 0 Å². The van der Waals surface area contributed by atoms with E-state index in [2.05, 4.69) is 10.5 Å². The number of hydrogen-bond donors (Lipinski definition) is 1. The maximum absolute atomic E-state index is 11.8. The number of nitro benzene ring substituents is 1. The highest BCUT2D eigenvalue weighted by atomic mass is 16.6. The van der Waals surface area contributed by atoms with Crippen LogP contribution in [0, 0.1) is 24.0 Å². The van der Waals surface area contributed by atoms with Gasteiger partial charge in [-0.05, 0) is 30.7 Å².